The zero-order valence-electron chi connectivity index (χ0n) is 10.1. The zero-order chi connectivity index (χ0) is 14.3. The lowest BCUT2D eigenvalue weighted by Gasteiger charge is -2.12. The van der Waals surface area contributed by atoms with Gasteiger partial charge in [0, 0.05) is 22.6 Å². The molecule has 2 heterocycles. The third-order valence-corrected chi connectivity index (χ3v) is 4.04. The number of rotatable bonds is 1. The van der Waals surface area contributed by atoms with Crippen LogP contribution in [-0.4, -0.2) is 9.97 Å². The number of nitrogens with zero attached hydrogens (tertiary/aromatic N) is 1. The van der Waals surface area contributed by atoms with Crippen LogP contribution in [0.1, 0.15) is 16.8 Å². The highest BCUT2D eigenvalue weighted by atomic mass is 32.2. The first-order valence-electron chi connectivity index (χ1n) is 5.83. The molecule has 104 valence electrons. The van der Waals surface area contributed by atoms with Crippen molar-refractivity contribution in [1.82, 2.24) is 9.97 Å². The van der Waals surface area contributed by atoms with E-state index in [9.17, 15) is 18.0 Å². The van der Waals surface area contributed by atoms with E-state index < -0.39 is 11.7 Å². The van der Waals surface area contributed by atoms with Crippen LogP contribution in [0.4, 0.5) is 13.2 Å². The van der Waals surface area contributed by atoms with Crippen molar-refractivity contribution in [3.63, 3.8) is 0 Å². The molecular formula is C13H9F3N2OS. The average Bonchev–Trinajstić information content (AvgIpc) is 2.86. The molecular weight excluding hydrogens is 289 g/mol. The first-order chi connectivity index (χ1) is 9.47. The molecule has 0 spiro atoms. The second-order valence-electron chi connectivity index (χ2n) is 4.38. The lowest BCUT2D eigenvalue weighted by atomic mass is 10.1. The van der Waals surface area contributed by atoms with E-state index in [0.717, 1.165) is 6.07 Å². The summed E-state index contributed by atoms with van der Waals surface area (Å²) in [7, 11) is 0. The van der Waals surface area contributed by atoms with Crippen molar-refractivity contribution < 1.29 is 13.2 Å². The van der Waals surface area contributed by atoms with Crippen molar-refractivity contribution in [3.8, 4) is 11.4 Å². The summed E-state index contributed by atoms with van der Waals surface area (Å²) in [4.78, 5) is 18.5. The van der Waals surface area contributed by atoms with Gasteiger partial charge in [-0.05, 0) is 6.07 Å². The monoisotopic (exact) mass is 298 g/mol. The Balaban J connectivity index is 2.20. The summed E-state index contributed by atoms with van der Waals surface area (Å²) in [5.41, 5.74) is -0.119. The molecule has 3 nitrogen and oxygen atoms in total. The Kier molecular flexibility index (Phi) is 3.08. The predicted octanol–water partition coefficient (Wildman–Crippen LogP) is 3.20. The fourth-order valence-corrected chi connectivity index (χ4v) is 3.16. The number of nitrogens with one attached hydrogen (secondary N) is 1. The van der Waals surface area contributed by atoms with Gasteiger partial charge in [0.25, 0.3) is 5.56 Å². The van der Waals surface area contributed by atoms with Crippen LogP contribution < -0.4 is 5.56 Å². The molecule has 2 aromatic rings. The highest BCUT2D eigenvalue weighted by molar-refractivity contribution is 7.98. The van der Waals surface area contributed by atoms with Gasteiger partial charge in [0.1, 0.15) is 5.82 Å². The van der Waals surface area contributed by atoms with Crippen molar-refractivity contribution in [2.24, 2.45) is 0 Å². The molecule has 0 saturated heterocycles. The van der Waals surface area contributed by atoms with E-state index in [2.05, 4.69) is 9.97 Å². The minimum Gasteiger partial charge on any atom is -0.306 e. The van der Waals surface area contributed by atoms with Crippen LogP contribution in [0.15, 0.2) is 29.1 Å². The van der Waals surface area contributed by atoms with Crippen molar-refractivity contribution in [3.05, 3.63) is 51.4 Å². The van der Waals surface area contributed by atoms with Crippen LogP contribution in [0.3, 0.4) is 0 Å². The fraction of sp³-hybridized carbons (Fsp3) is 0.231. The smallest absolute Gasteiger partial charge is 0.306 e. The molecule has 0 saturated carbocycles. The number of aromatic nitrogens is 2. The number of benzene rings is 1. The van der Waals surface area contributed by atoms with E-state index in [1.54, 1.807) is 0 Å². The van der Waals surface area contributed by atoms with Crippen LogP contribution in [0.25, 0.3) is 11.4 Å². The molecule has 1 aliphatic heterocycles. The van der Waals surface area contributed by atoms with Crippen LogP contribution in [0, 0.1) is 0 Å². The summed E-state index contributed by atoms with van der Waals surface area (Å²) >= 11 is 1.53. The Morgan fingerprint density at radius 3 is 2.70 bits per heavy atom. The fourth-order valence-electron chi connectivity index (χ4n) is 2.13. The normalized spacial score (nSPS) is 14.3. The van der Waals surface area contributed by atoms with Crippen molar-refractivity contribution in [2.45, 2.75) is 17.7 Å². The number of thioether (sulfide) groups is 1. The number of H-pyrrole nitrogens is 1. The molecule has 1 aromatic carbocycles. The Morgan fingerprint density at radius 1 is 1.20 bits per heavy atom. The first-order valence-corrected chi connectivity index (χ1v) is 6.98. The second kappa shape index (κ2) is 4.66. The summed E-state index contributed by atoms with van der Waals surface area (Å²) in [5, 5.41) is 0. The SMILES string of the molecule is O=c1[nH]c(-c2ccccc2C(F)(F)F)nc2c1CSC2. The third-order valence-electron chi connectivity index (χ3n) is 3.07. The van der Waals surface area contributed by atoms with Gasteiger partial charge in [-0.1, -0.05) is 18.2 Å². The van der Waals surface area contributed by atoms with Gasteiger partial charge < -0.3 is 4.98 Å². The first kappa shape index (κ1) is 13.2. The molecule has 0 unspecified atom stereocenters. The summed E-state index contributed by atoms with van der Waals surface area (Å²) in [6.45, 7) is 0. The van der Waals surface area contributed by atoms with Gasteiger partial charge in [-0.2, -0.15) is 24.9 Å². The van der Waals surface area contributed by atoms with E-state index in [1.165, 1.54) is 30.0 Å². The van der Waals surface area contributed by atoms with E-state index in [1.807, 2.05) is 0 Å². The highest BCUT2D eigenvalue weighted by Gasteiger charge is 2.34. The van der Waals surface area contributed by atoms with E-state index >= 15 is 0 Å². The van der Waals surface area contributed by atoms with Gasteiger partial charge in [-0.25, -0.2) is 4.98 Å². The van der Waals surface area contributed by atoms with Crippen LogP contribution in [-0.2, 0) is 17.7 Å². The number of halogens is 3. The lowest BCUT2D eigenvalue weighted by molar-refractivity contribution is -0.137. The largest absolute Gasteiger partial charge is 0.417 e. The van der Waals surface area contributed by atoms with E-state index in [-0.39, 0.29) is 16.9 Å². The van der Waals surface area contributed by atoms with Crippen molar-refractivity contribution in [2.75, 3.05) is 0 Å². The van der Waals surface area contributed by atoms with Crippen LogP contribution in [0.5, 0.6) is 0 Å². The molecule has 0 aliphatic carbocycles. The van der Waals surface area contributed by atoms with Crippen molar-refractivity contribution in [1.29, 1.82) is 0 Å². The lowest BCUT2D eigenvalue weighted by Crippen LogP contribution is -2.16. The molecule has 7 heteroatoms. The molecule has 3 rings (SSSR count). The molecule has 0 atom stereocenters. The molecule has 1 N–H and O–H groups in total. The summed E-state index contributed by atoms with van der Waals surface area (Å²) < 4.78 is 39.0. The second-order valence-corrected chi connectivity index (χ2v) is 5.36. The minimum absolute atomic E-state index is 0.0239. The zero-order valence-corrected chi connectivity index (χ0v) is 10.9. The number of aromatic amines is 1. The molecule has 0 bridgehead atoms. The summed E-state index contributed by atoms with van der Waals surface area (Å²) in [5.74, 6) is 1.09. The Hall–Kier alpha value is -1.76. The third kappa shape index (κ3) is 2.22. The topological polar surface area (TPSA) is 45.8 Å². The number of alkyl halides is 3. The highest BCUT2D eigenvalue weighted by Crippen LogP contribution is 2.36. The number of hydrogen-bond donors (Lipinski definition) is 1. The maximum atomic E-state index is 13.0. The van der Waals surface area contributed by atoms with Gasteiger partial charge in [0.2, 0.25) is 0 Å². The maximum Gasteiger partial charge on any atom is 0.417 e. The average molecular weight is 298 g/mol. The molecule has 0 radical (unpaired) electrons. The molecule has 1 aliphatic rings. The standard InChI is InChI=1S/C13H9F3N2OS/c14-13(15,16)9-4-2-1-3-7(9)11-17-10-6-20-5-8(10)12(19)18-11/h1-4H,5-6H2,(H,17,18,19). The van der Waals surface area contributed by atoms with Crippen LogP contribution in [0.2, 0.25) is 0 Å². The van der Waals surface area contributed by atoms with Crippen molar-refractivity contribution >= 4 is 11.8 Å². The molecule has 20 heavy (non-hydrogen) atoms. The number of hydrogen-bond acceptors (Lipinski definition) is 3. The van der Waals surface area contributed by atoms with Gasteiger partial charge in [0.15, 0.2) is 0 Å². The van der Waals surface area contributed by atoms with Gasteiger partial charge in [-0.15, -0.1) is 0 Å². The summed E-state index contributed by atoms with van der Waals surface area (Å²) in [6.07, 6.45) is -4.48. The molecule has 0 amide bonds. The van der Waals surface area contributed by atoms with E-state index in [0.29, 0.717) is 22.8 Å². The Morgan fingerprint density at radius 2 is 1.95 bits per heavy atom. The minimum atomic E-state index is -4.48. The summed E-state index contributed by atoms with van der Waals surface area (Å²) in [6, 6.07) is 5.10. The Bertz CT molecular complexity index is 724. The molecule has 1 aromatic heterocycles. The number of fused-ring (bicyclic) bond motifs is 1. The van der Waals surface area contributed by atoms with Gasteiger partial charge >= 0.3 is 6.18 Å². The van der Waals surface area contributed by atoms with Gasteiger partial charge in [0.05, 0.1) is 11.3 Å². The maximum absolute atomic E-state index is 13.0. The predicted molar refractivity (Wildman–Crippen MR) is 70.3 cm³/mol. The van der Waals surface area contributed by atoms with Gasteiger partial charge in [-0.3, -0.25) is 4.79 Å². The molecule has 0 fully saturated rings. The van der Waals surface area contributed by atoms with Crippen LogP contribution >= 0.6 is 11.8 Å². The quantitative estimate of drug-likeness (QED) is 0.879. The Labute approximate surface area is 116 Å². The van der Waals surface area contributed by atoms with E-state index in [4.69, 9.17) is 0 Å².